The number of benzene rings is 1. The van der Waals surface area contributed by atoms with Crippen LogP contribution in [0.4, 0.5) is 0 Å². The van der Waals surface area contributed by atoms with Crippen molar-refractivity contribution in [2.24, 2.45) is 5.73 Å². The molecule has 1 aromatic carbocycles. The van der Waals surface area contributed by atoms with Crippen LogP contribution in [0.3, 0.4) is 0 Å². The van der Waals surface area contributed by atoms with E-state index in [1.54, 1.807) is 18.5 Å². The van der Waals surface area contributed by atoms with E-state index in [1.807, 2.05) is 12.1 Å². The molecular weight excluding hydrogens is 216 g/mol. The molecule has 2 N–H and O–H groups in total. The first-order valence-corrected chi connectivity index (χ1v) is 4.81. The highest BCUT2D eigenvalue weighted by Crippen LogP contribution is 2.25. The van der Waals surface area contributed by atoms with Crippen molar-refractivity contribution in [3.8, 4) is 0 Å². The molecule has 1 aromatic heterocycles. The van der Waals surface area contributed by atoms with E-state index in [0.29, 0.717) is 10.0 Å². The summed E-state index contributed by atoms with van der Waals surface area (Å²) in [5.74, 6) is 0. The van der Waals surface area contributed by atoms with Crippen molar-refractivity contribution >= 4 is 39.6 Å². The number of nitrogens with zero attached hydrogens (tertiary/aromatic N) is 1. The standard InChI is InChI=1S/C10H7ClN2S/c11-8-2-1-6-5-13-4-3-7(6)9(8)10(12)14/h1-5H,(H2,12,14). The van der Waals surface area contributed by atoms with Gasteiger partial charge in [-0.05, 0) is 17.5 Å². The molecule has 0 fully saturated rings. The summed E-state index contributed by atoms with van der Waals surface area (Å²) in [5.41, 5.74) is 6.33. The fourth-order valence-corrected chi connectivity index (χ4v) is 1.94. The summed E-state index contributed by atoms with van der Waals surface area (Å²) >= 11 is 11.0. The van der Waals surface area contributed by atoms with Crippen LogP contribution in [0.1, 0.15) is 5.56 Å². The highest BCUT2D eigenvalue weighted by atomic mass is 35.5. The van der Waals surface area contributed by atoms with Crippen molar-refractivity contribution < 1.29 is 0 Å². The lowest BCUT2D eigenvalue weighted by Crippen LogP contribution is -2.10. The average molecular weight is 223 g/mol. The molecule has 0 atom stereocenters. The lowest BCUT2D eigenvalue weighted by Gasteiger charge is -2.06. The van der Waals surface area contributed by atoms with Gasteiger partial charge in [-0.2, -0.15) is 0 Å². The summed E-state index contributed by atoms with van der Waals surface area (Å²) in [4.78, 5) is 4.33. The average Bonchev–Trinajstić information content (AvgIpc) is 2.17. The summed E-state index contributed by atoms with van der Waals surface area (Å²) in [6.07, 6.45) is 3.45. The molecule has 4 heteroatoms. The Morgan fingerprint density at radius 3 is 2.86 bits per heavy atom. The van der Waals surface area contributed by atoms with Gasteiger partial charge in [0.1, 0.15) is 4.99 Å². The van der Waals surface area contributed by atoms with Gasteiger partial charge in [0.05, 0.1) is 5.02 Å². The quantitative estimate of drug-likeness (QED) is 0.754. The number of halogens is 1. The van der Waals surface area contributed by atoms with Gasteiger partial charge in [-0.25, -0.2) is 0 Å². The number of hydrogen-bond acceptors (Lipinski definition) is 2. The van der Waals surface area contributed by atoms with Crippen LogP contribution in [0.25, 0.3) is 10.8 Å². The Labute approximate surface area is 91.7 Å². The molecular formula is C10H7ClN2S. The van der Waals surface area contributed by atoms with Crippen LogP contribution in [0, 0.1) is 0 Å². The second kappa shape index (κ2) is 3.52. The van der Waals surface area contributed by atoms with E-state index < -0.39 is 0 Å². The van der Waals surface area contributed by atoms with Crippen LogP contribution in [0.15, 0.2) is 30.6 Å². The summed E-state index contributed by atoms with van der Waals surface area (Å²) in [6.45, 7) is 0. The van der Waals surface area contributed by atoms with Crippen molar-refractivity contribution in [2.75, 3.05) is 0 Å². The minimum absolute atomic E-state index is 0.312. The molecule has 0 aliphatic rings. The fourth-order valence-electron chi connectivity index (χ4n) is 1.39. The topological polar surface area (TPSA) is 38.9 Å². The maximum absolute atomic E-state index is 6.01. The summed E-state index contributed by atoms with van der Waals surface area (Å²) in [6, 6.07) is 5.53. The molecule has 70 valence electrons. The van der Waals surface area contributed by atoms with E-state index in [0.717, 1.165) is 16.3 Å². The molecule has 0 spiro atoms. The van der Waals surface area contributed by atoms with Crippen molar-refractivity contribution in [1.82, 2.24) is 4.98 Å². The van der Waals surface area contributed by atoms with E-state index in [9.17, 15) is 0 Å². The van der Waals surface area contributed by atoms with Gasteiger partial charge in [0.2, 0.25) is 0 Å². The van der Waals surface area contributed by atoms with Crippen LogP contribution in [0.5, 0.6) is 0 Å². The van der Waals surface area contributed by atoms with Crippen molar-refractivity contribution in [1.29, 1.82) is 0 Å². The van der Waals surface area contributed by atoms with Crippen LogP contribution in [0.2, 0.25) is 5.02 Å². The zero-order valence-corrected chi connectivity index (χ0v) is 8.77. The third kappa shape index (κ3) is 1.45. The maximum atomic E-state index is 6.01. The highest BCUT2D eigenvalue weighted by molar-refractivity contribution is 7.80. The Kier molecular flexibility index (Phi) is 2.35. The monoisotopic (exact) mass is 222 g/mol. The third-order valence-corrected chi connectivity index (χ3v) is 2.53. The van der Waals surface area contributed by atoms with E-state index >= 15 is 0 Å². The summed E-state index contributed by atoms with van der Waals surface area (Å²) in [7, 11) is 0. The number of hydrogen-bond donors (Lipinski definition) is 1. The molecule has 0 amide bonds. The molecule has 2 nitrogen and oxygen atoms in total. The highest BCUT2D eigenvalue weighted by Gasteiger charge is 2.07. The maximum Gasteiger partial charge on any atom is 0.106 e. The molecule has 0 unspecified atom stereocenters. The Bertz CT molecular complexity index is 510. The number of aromatic nitrogens is 1. The summed E-state index contributed by atoms with van der Waals surface area (Å²) < 4.78 is 0. The predicted octanol–water partition coefficient (Wildman–Crippen LogP) is 2.52. The lowest BCUT2D eigenvalue weighted by atomic mass is 10.1. The van der Waals surface area contributed by atoms with Crippen LogP contribution < -0.4 is 5.73 Å². The smallest absolute Gasteiger partial charge is 0.106 e. The molecule has 0 saturated heterocycles. The Morgan fingerprint density at radius 2 is 2.14 bits per heavy atom. The number of thiocarbonyl (C=S) groups is 1. The Morgan fingerprint density at radius 1 is 1.36 bits per heavy atom. The van der Waals surface area contributed by atoms with Gasteiger partial charge < -0.3 is 5.73 Å². The third-order valence-electron chi connectivity index (χ3n) is 2.02. The van der Waals surface area contributed by atoms with Crippen molar-refractivity contribution in [3.05, 3.63) is 41.2 Å². The zero-order valence-electron chi connectivity index (χ0n) is 7.20. The van der Waals surface area contributed by atoms with E-state index in [2.05, 4.69) is 4.98 Å². The molecule has 1 heterocycles. The molecule has 0 saturated carbocycles. The molecule has 0 radical (unpaired) electrons. The number of nitrogens with two attached hydrogens (primary N) is 1. The van der Waals surface area contributed by atoms with Gasteiger partial charge in [-0.1, -0.05) is 29.9 Å². The Hall–Kier alpha value is -1.19. The number of fused-ring (bicyclic) bond motifs is 1. The van der Waals surface area contributed by atoms with Gasteiger partial charge in [-0.3, -0.25) is 4.98 Å². The van der Waals surface area contributed by atoms with Gasteiger partial charge in [0, 0.05) is 23.3 Å². The summed E-state index contributed by atoms with van der Waals surface area (Å²) in [5, 5.41) is 2.51. The fraction of sp³-hybridized carbons (Fsp3) is 0. The minimum Gasteiger partial charge on any atom is -0.389 e. The number of rotatable bonds is 1. The van der Waals surface area contributed by atoms with Crippen LogP contribution >= 0.6 is 23.8 Å². The minimum atomic E-state index is 0.312. The molecule has 0 bridgehead atoms. The van der Waals surface area contributed by atoms with Gasteiger partial charge in [-0.15, -0.1) is 0 Å². The largest absolute Gasteiger partial charge is 0.389 e. The number of pyridine rings is 1. The predicted molar refractivity (Wildman–Crippen MR) is 62.6 cm³/mol. The van der Waals surface area contributed by atoms with Gasteiger partial charge in [0.25, 0.3) is 0 Å². The van der Waals surface area contributed by atoms with Gasteiger partial charge in [0.15, 0.2) is 0 Å². The van der Waals surface area contributed by atoms with E-state index in [-0.39, 0.29) is 0 Å². The first-order valence-electron chi connectivity index (χ1n) is 4.02. The van der Waals surface area contributed by atoms with E-state index in [4.69, 9.17) is 29.6 Å². The van der Waals surface area contributed by atoms with Crippen molar-refractivity contribution in [2.45, 2.75) is 0 Å². The molecule has 0 aliphatic heterocycles. The molecule has 2 rings (SSSR count). The van der Waals surface area contributed by atoms with E-state index in [1.165, 1.54) is 0 Å². The Balaban J connectivity index is 2.90. The normalized spacial score (nSPS) is 10.4. The molecule has 2 aromatic rings. The molecule has 14 heavy (non-hydrogen) atoms. The zero-order chi connectivity index (χ0) is 10.1. The van der Waals surface area contributed by atoms with Gasteiger partial charge >= 0.3 is 0 Å². The van der Waals surface area contributed by atoms with Crippen LogP contribution in [-0.2, 0) is 0 Å². The SMILES string of the molecule is NC(=S)c1c(Cl)ccc2cnccc12. The van der Waals surface area contributed by atoms with Crippen molar-refractivity contribution in [3.63, 3.8) is 0 Å². The van der Waals surface area contributed by atoms with Crippen LogP contribution in [-0.4, -0.2) is 9.97 Å². The molecule has 0 aliphatic carbocycles. The second-order valence-electron chi connectivity index (χ2n) is 2.88. The second-order valence-corrected chi connectivity index (χ2v) is 3.73. The first-order chi connectivity index (χ1) is 6.70. The first kappa shape index (κ1) is 9.37. The lowest BCUT2D eigenvalue weighted by molar-refractivity contribution is 1.36.